The van der Waals surface area contributed by atoms with Gasteiger partial charge in [-0.3, -0.25) is 4.98 Å². The molecule has 0 spiro atoms. The lowest BCUT2D eigenvalue weighted by Gasteiger charge is -1.83. The largest absolute Gasteiger partial charge is 0.265 e. The average Bonchev–Trinajstić information content (AvgIpc) is 1.90. The quantitative estimate of drug-likeness (QED) is 0.654. The van der Waals surface area contributed by atoms with Crippen LogP contribution in [0.1, 0.15) is 0 Å². The van der Waals surface area contributed by atoms with Gasteiger partial charge in [0.1, 0.15) is 0 Å². The number of nitrogens with zero attached hydrogens (tertiary/aromatic N) is 1. The molecule has 2 heteroatoms. The molecule has 42 valence electrons. The Balaban J connectivity index is 2.99. The van der Waals surface area contributed by atoms with E-state index in [1.807, 2.05) is 12.1 Å². The van der Waals surface area contributed by atoms with Gasteiger partial charge in [0, 0.05) is 16.0 Å². The van der Waals surface area contributed by atoms with Crippen molar-refractivity contribution in [1.82, 2.24) is 4.98 Å². The number of hydrogen-bond donors (Lipinski definition) is 0. The Hall–Kier alpha value is -0.250. The summed E-state index contributed by atoms with van der Waals surface area (Å²) in [6.45, 7) is 0. The highest BCUT2D eigenvalue weighted by Gasteiger charge is 1.77. The third-order valence-electron chi connectivity index (χ3n) is 0.794. The van der Waals surface area contributed by atoms with E-state index in [9.17, 15) is 0 Å². The van der Waals surface area contributed by atoms with Crippen LogP contribution in [-0.4, -0.2) is 9.50 Å². The van der Waals surface area contributed by atoms with Crippen LogP contribution in [0.4, 0.5) is 0 Å². The van der Waals surface area contributed by atoms with Crippen LogP contribution in [-0.2, 0) is 0 Å². The van der Waals surface area contributed by atoms with Gasteiger partial charge < -0.3 is 0 Å². The standard InChI is InChI=1S/C6H6IN/c1-7-6-2-4-8-5-3-6/h2-5H,1H2. The van der Waals surface area contributed by atoms with Crippen LogP contribution in [0.25, 0.3) is 0 Å². The molecule has 1 nitrogen and oxygen atoms in total. The third-order valence-corrected chi connectivity index (χ3v) is 2.39. The minimum absolute atomic E-state index is 0.0193. The zero-order valence-electron chi connectivity index (χ0n) is 4.34. The van der Waals surface area contributed by atoms with Crippen molar-refractivity contribution in [2.45, 2.75) is 0 Å². The summed E-state index contributed by atoms with van der Waals surface area (Å²) in [5.74, 6) is 0. The number of aromatic nitrogens is 1. The first-order valence-corrected chi connectivity index (χ1v) is 4.82. The molecule has 0 aliphatic rings. The molecule has 1 heterocycles. The predicted octanol–water partition coefficient (Wildman–Crippen LogP) is 1.65. The van der Waals surface area contributed by atoms with Crippen molar-refractivity contribution in [1.29, 1.82) is 0 Å². The first-order chi connectivity index (χ1) is 3.93. The van der Waals surface area contributed by atoms with Crippen LogP contribution in [0.2, 0.25) is 0 Å². The highest BCUT2D eigenvalue weighted by atomic mass is 127. The van der Waals surface area contributed by atoms with Crippen LogP contribution in [0.5, 0.6) is 0 Å². The summed E-state index contributed by atoms with van der Waals surface area (Å²) in [6.07, 6.45) is 3.61. The normalized spacial score (nSPS) is 9.00. The Kier molecular flexibility index (Phi) is 2.14. The van der Waals surface area contributed by atoms with E-state index in [1.54, 1.807) is 12.4 Å². The lowest BCUT2D eigenvalue weighted by molar-refractivity contribution is 1.32. The monoisotopic (exact) mass is 219 g/mol. The molecule has 0 N–H and O–H groups in total. The van der Waals surface area contributed by atoms with E-state index >= 15 is 0 Å². The fourth-order valence-electron chi connectivity index (χ4n) is 0.423. The van der Waals surface area contributed by atoms with E-state index < -0.39 is 0 Å². The third kappa shape index (κ3) is 1.36. The van der Waals surface area contributed by atoms with Crippen LogP contribution in [0.3, 0.4) is 0 Å². The molecule has 0 aromatic carbocycles. The molecule has 1 aromatic heterocycles. The maximum Gasteiger partial charge on any atom is 0.0278 e. The zero-order valence-corrected chi connectivity index (χ0v) is 6.50. The lowest BCUT2D eigenvalue weighted by Crippen LogP contribution is -1.69. The van der Waals surface area contributed by atoms with Gasteiger partial charge in [-0.2, -0.15) is 0 Å². The second kappa shape index (κ2) is 2.91. The van der Waals surface area contributed by atoms with Gasteiger partial charge in [-0.25, -0.2) is 0 Å². The van der Waals surface area contributed by atoms with Crippen molar-refractivity contribution >= 4 is 25.2 Å². The van der Waals surface area contributed by atoms with Crippen molar-refractivity contribution in [3.8, 4) is 0 Å². The number of halogens is 1. The van der Waals surface area contributed by atoms with E-state index in [4.69, 9.17) is 0 Å². The van der Waals surface area contributed by atoms with Crippen molar-refractivity contribution in [2.75, 3.05) is 0 Å². The first-order valence-electron chi connectivity index (χ1n) is 2.22. The van der Waals surface area contributed by atoms with Gasteiger partial charge >= 0.3 is 0 Å². The molecule has 0 saturated carbocycles. The smallest absolute Gasteiger partial charge is 0.0278 e. The highest BCUT2D eigenvalue weighted by molar-refractivity contribution is 14.2. The van der Waals surface area contributed by atoms with E-state index in [0.29, 0.717) is 0 Å². The zero-order chi connectivity index (χ0) is 5.82. The SMILES string of the molecule is C=Ic1ccncc1. The fourth-order valence-corrected chi connectivity index (χ4v) is 1.25. The topological polar surface area (TPSA) is 12.9 Å². The molecule has 1 rings (SSSR count). The van der Waals surface area contributed by atoms with Crippen LogP contribution < -0.4 is 0 Å². The maximum absolute atomic E-state index is 3.88. The summed E-state index contributed by atoms with van der Waals surface area (Å²) >= 11 is 0.0193. The molecule has 0 unspecified atom stereocenters. The van der Waals surface area contributed by atoms with Crippen LogP contribution >= 0.6 is 20.7 Å². The maximum atomic E-state index is 3.88. The molecule has 0 atom stereocenters. The van der Waals surface area contributed by atoms with Crippen molar-refractivity contribution in [2.24, 2.45) is 0 Å². The summed E-state index contributed by atoms with van der Waals surface area (Å²) in [7, 11) is 0. The van der Waals surface area contributed by atoms with E-state index in [2.05, 4.69) is 9.50 Å². The molecule has 0 fully saturated rings. The summed E-state index contributed by atoms with van der Waals surface area (Å²) in [6, 6.07) is 4.03. The van der Waals surface area contributed by atoms with Gasteiger partial charge in [0.15, 0.2) is 0 Å². The molecule has 0 bridgehead atoms. The molecule has 0 aliphatic carbocycles. The van der Waals surface area contributed by atoms with Gasteiger partial charge in [0.2, 0.25) is 0 Å². The number of rotatable bonds is 1. The van der Waals surface area contributed by atoms with E-state index in [-0.39, 0.29) is 20.7 Å². The van der Waals surface area contributed by atoms with Crippen molar-refractivity contribution in [3.05, 3.63) is 28.1 Å². The first kappa shape index (κ1) is 5.88. The number of pyridine rings is 1. The van der Waals surface area contributed by atoms with Crippen molar-refractivity contribution in [3.63, 3.8) is 0 Å². The van der Waals surface area contributed by atoms with Gasteiger partial charge in [0.25, 0.3) is 0 Å². The Morgan fingerprint density at radius 3 is 2.38 bits per heavy atom. The fraction of sp³-hybridized carbons (Fsp3) is 0. The molecule has 0 aliphatic heterocycles. The Morgan fingerprint density at radius 1 is 1.38 bits per heavy atom. The summed E-state index contributed by atoms with van der Waals surface area (Å²) in [5, 5.41) is 0. The summed E-state index contributed by atoms with van der Waals surface area (Å²) < 4.78 is 5.18. The molecular weight excluding hydrogens is 213 g/mol. The summed E-state index contributed by atoms with van der Waals surface area (Å²) in [4.78, 5) is 3.88. The van der Waals surface area contributed by atoms with Gasteiger partial charge in [0.05, 0.1) is 0 Å². The number of hydrogen-bond acceptors (Lipinski definition) is 1. The summed E-state index contributed by atoms with van der Waals surface area (Å²) in [5.41, 5.74) is 0. The molecule has 0 amide bonds. The molecular formula is C6H6IN. The van der Waals surface area contributed by atoms with Gasteiger partial charge in [-0.05, 0) is 12.1 Å². The Bertz CT molecular complexity index is 171. The second-order valence-corrected chi connectivity index (χ2v) is 3.31. The highest BCUT2D eigenvalue weighted by Crippen LogP contribution is 2.04. The van der Waals surface area contributed by atoms with Gasteiger partial charge in [-0.15, -0.1) is 0 Å². The van der Waals surface area contributed by atoms with Crippen LogP contribution in [0, 0.1) is 3.57 Å². The second-order valence-electron chi connectivity index (χ2n) is 1.30. The Morgan fingerprint density at radius 2 is 2.00 bits per heavy atom. The lowest BCUT2D eigenvalue weighted by atomic mass is 10.5. The minimum atomic E-state index is 0.0193. The molecule has 0 radical (unpaired) electrons. The predicted molar refractivity (Wildman–Crippen MR) is 44.1 cm³/mol. The van der Waals surface area contributed by atoms with E-state index in [0.717, 1.165) is 0 Å². The van der Waals surface area contributed by atoms with Gasteiger partial charge in [-0.1, -0.05) is 25.2 Å². The van der Waals surface area contributed by atoms with Crippen LogP contribution in [0.15, 0.2) is 24.5 Å². The molecule has 1 aromatic rings. The minimum Gasteiger partial charge on any atom is -0.265 e. The Labute approximate surface area is 58.5 Å². The van der Waals surface area contributed by atoms with Crippen molar-refractivity contribution < 1.29 is 0 Å². The molecule has 8 heavy (non-hydrogen) atoms. The van der Waals surface area contributed by atoms with E-state index in [1.165, 1.54) is 3.57 Å². The molecule has 0 saturated heterocycles. The average molecular weight is 219 g/mol.